The topological polar surface area (TPSA) is 279 Å². The molecule has 1 unspecified atom stereocenters. The van der Waals surface area contributed by atoms with Gasteiger partial charge in [-0.25, -0.2) is 4.79 Å². The Hall–Kier alpha value is -8.52. The fraction of sp³-hybridized carbons (Fsp3) is 0.116. The SMILES string of the molecule is CC(C)Oc1c(NC(=O)c2ccc(NC(=O)C(CC(N)=O)NC(=O)c3ccc(NC(=O)c4ccc(C#N)cc4)cc3)cc2)ccc(C(=O)Nc2ccc(C(=O)O)cc2)c1O. The molecule has 0 spiro atoms. The standard InChI is InChI=1S/C43H37N7O10/c1-23(2)60-37-33(20-19-32(36(37)52)41(56)47-30-17-11-28(12-18-30)43(58)59)49-39(54)26-9-15-31(16-10-26)48-42(57)34(21-35(45)51)50-40(55)27-7-13-29(14-8-27)46-38(53)25-5-3-24(22-44)4-6-25/h3-20,23,34,52H,21H2,1-2H3,(H2,45,51)(H,46,53)(H,47,56)(H,48,57)(H,49,54)(H,50,55)(H,58,59). The van der Waals surface area contributed by atoms with E-state index < -0.39 is 65.7 Å². The van der Waals surface area contributed by atoms with Crippen molar-refractivity contribution in [1.29, 1.82) is 5.26 Å². The average Bonchev–Trinajstić information content (AvgIpc) is 3.22. The number of nitriles is 1. The molecule has 17 nitrogen and oxygen atoms in total. The molecule has 0 saturated carbocycles. The number of hydrogen-bond acceptors (Lipinski definition) is 10. The molecule has 0 heterocycles. The second-order valence-corrected chi connectivity index (χ2v) is 13.3. The van der Waals surface area contributed by atoms with Gasteiger partial charge < -0.3 is 47.3 Å². The third kappa shape index (κ3) is 11.1. The first-order valence-corrected chi connectivity index (χ1v) is 18.0. The highest BCUT2D eigenvalue weighted by molar-refractivity contribution is 6.10. The van der Waals surface area contributed by atoms with Gasteiger partial charge in [-0.05, 0) is 123 Å². The molecule has 5 rings (SSSR count). The molecule has 5 aromatic carbocycles. The van der Waals surface area contributed by atoms with Crippen LogP contribution in [0.15, 0.2) is 109 Å². The van der Waals surface area contributed by atoms with Crippen LogP contribution in [0, 0.1) is 11.3 Å². The van der Waals surface area contributed by atoms with Crippen molar-refractivity contribution in [3.63, 3.8) is 0 Å². The number of hydrogen-bond donors (Lipinski definition) is 8. The molecule has 304 valence electrons. The number of nitrogens with one attached hydrogen (secondary N) is 5. The maximum absolute atomic E-state index is 13.3. The van der Waals surface area contributed by atoms with Crippen LogP contribution >= 0.6 is 0 Å². The lowest BCUT2D eigenvalue weighted by atomic mass is 10.1. The first-order chi connectivity index (χ1) is 28.6. The number of ether oxygens (including phenoxy) is 1. The van der Waals surface area contributed by atoms with Crippen molar-refractivity contribution < 1.29 is 48.5 Å². The molecule has 0 aliphatic heterocycles. The van der Waals surface area contributed by atoms with Crippen LogP contribution in [-0.4, -0.2) is 63.8 Å². The van der Waals surface area contributed by atoms with E-state index in [1.54, 1.807) is 13.8 Å². The molecule has 0 aliphatic carbocycles. The summed E-state index contributed by atoms with van der Waals surface area (Å²) in [6.45, 7) is 3.35. The Balaban J connectivity index is 1.21. The zero-order valence-corrected chi connectivity index (χ0v) is 31.9. The highest BCUT2D eigenvalue weighted by atomic mass is 16.5. The number of carbonyl (C=O) groups is 7. The van der Waals surface area contributed by atoms with Crippen LogP contribution in [0.2, 0.25) is 0 Å². The van der Waals surface area contributed by atoms with E-state index in [0.717, 1.165) is 0 Å². The van der Waals surface area contributed by atoms with Crippen molar-refractivity contribution in [2.24, 2.45) is 5.73 Å². The Bertz CT molecular complexity index is 2500. The number of aromatic carboxylic acids is 1. The molecular weight excluding hydrogens is 775 g/mol. The predicted molar refractivity (Wildman–Crippen MR) is 219 cm³/mol. The number of phenolic OH excluding ortho intramolecular Hbond substituents is 1. The van der Waals surface area contributed by atoms with Gasteiger partial charge in [0.1, 0.15) is 6.04 Å². The number of carbonyl (C=O) groups excluding carboxylic acids is 6. The number of amides is 6. The number of aromatic hydroxyl groups is 1. The lowest BCUT2D eigenvalue weighted by Crippen LogP contribution is -2.46. The third-order valence-corrected chi connectivity index (χ3v) is 8.49. The van der Waals surface area contributed by atoms with Crippen LogP contribution in [0.4, 0.5) is 22.7 Å². The zero-order valence-electron chi connectivity index (χ0n) is 31.9. The van der Waals surface area contributed by atoms with Gasteiger partial charge in [0.15, 0.2) is 11.5 Å². The largest absolute Gasteiger partial charge is 0.504 e. The number of rotatable bonds is 15. The molecule has 0 saturated heterocycles. The van der Waals surface area contributed by atoms with Crippen LogP contribution in [0.1, 0.15) is 77.6 Å². The lowest BCUT2D eigenvalue weighted by molar-refractivity contribution is -0.123. The molecular formula is C43H37N7O10. The molecule has 0 bridgehead atoms. The minimum absolute atomic E-state index is 0.0198. The molecule has 9 N–H and O–H groups in total. The first kappa shape index (κ1) is 42.6. The number of nitrogens with two attached hydrogens (primary N) is 1. The van der Waals surface area contributed by atoms with Crippen molar-refractivity contribution in [2.45, 2.75) is 32.4 Å². The molecule has 17 heteroatoms. The predicted octanol–water partition coefficient (Wildman–Crippen LogP) is 5.12. The van der Waals surface area contributed by atoms with Crippen LogP contribution < -0.4 is 37.1 Å². The van der Waals surface area contributed by atoms with Gasteiger partial charge in [0.2, 0.25) is 11.8 Å². The highest BCUT2D eigenvalue weighted by Crippen LogP contribution is 2.39. The minimum Gasteiger partial charge on any atom is -0.504 e. The Morgan fingerprint density at radius 1 is 0.633 bits per heavy atom. The summed E-state index contributed by atoms with van der Waals surface area (Å²) in [4.78, 5) is 88.2. The molecule has 5 aromatic rings. The first-order valence-electron chi connectivity index (χ1n) is 18.0. The summed E-state index contributed by atoms with van der Waals surface area (Å²) in [7, 11) is 0. The van der Waals surface area contributed by atoms with E-state index in [-0.39, 0.29) is 45.1 Å². The number of phenols is 1. The van der Waals surface area contributed by atoms with Gasteiger partial charge in [0, 0.05) is 33.8 Å². The van der Waals surface area contributed by atoms with E-state index in [0.29, 0.717) is 16.8 Å². The molecule has 0 aromatic heterocycles. The fourth-order valence-corrected chi connectivity index (χ4v) is 5.49. The van der Waals surface area contributed by atoms with Crippen molar-refractivity contribution in [3.05, 3.63) is 143 Å². The molecule has 0 radical (unpaired) electrons. The summed E-state index contributed by atoms with van der Waals surface area (Å²) in [5.74, 6) is -6.03. The maximum atomic E-state index is 13.3. The van der Waals surface area contributed by atoms with E-state index in [2.05, 4.69) is 26.6 Å². The second-order valence-electron chi connectivity index (χ2n) is 13.3. The number of benzene rings is 5. The van der Waals surface area contributed by atoms with Crippen LogP contribution in [-0.2, 0) is 9.59 Å². The lowest BCUT2D eigenvalue weighted by Gasteiger charge is -2.19. The van der Waals surface area contributed by atoms with E-state index in [1.165, 1.54) is 109 Å². The van der Waals surface area contributed by atoms with E-state index in [1.807, 2.05) is 6.07 Å². The van der Waals surface area contributed by atoms with Gasteiger partial charge in [-0.15, -0.1) is 0 Å². The van der Waals surface area contributed by atoms with E-state index in [9.17, 15) is 38.7 Å². The average molecular weight is 812 g/mol. The Labute approximate surface area is 342 Å². The summed E-state index contributed by atoms with van der Waals surface area (Å²) >= 11 is 0. The van der Waals surface area contributed by atoms with Crippen molar-refractivity contribution in [1.82, 2.24) is 5.32 Å². The van der Waals surface area contributed by atoms with Gasteiger partial charge in [0.05, 0.1) is 41.0 Å². The second kappa shape index (κ2) is 19.1. The summed E-state index contributed by atoms with van der Waals surface area (Å²) in [5.41, 5.74) is 7.04. The van der Waals surface area contributed by atoms with Gasteiger partial charge in [-0.1, -0.05) is 0 Å². The van der Waals surface area contributed by atoms with Crippen LogP contribution in [0.5, 0.6) is 11.5 Å². The third-order valence-electron chi connectivity index (χ3n) is 8.49. The van der Waals surface area contributed by atoms with Crippen LogP contribution in [0.3, 0.4) is 0 Å². The normalized spacial score (nSPS) is 11.0. The van der Waals surface area contributed by atoms with Gasteiger partial charge in [0.25, 0.3) is 23.6 Å². The minimum atomic E-state index is -1.39. The number of carboxylic acid groups (broad SMARTS) is 1. The summed E-state index contributed by atoms with van der Waals surface area (Å²) in [6, 6.07) is 26.0. The molecule has 6 amide bonds. The Morgan fingerprint density at radius 2 is 1.10 bits per heavy atom. The van der Waals surface area contributed by atoms with Gasteiger partial charge in [-0.3, -0.25) is 28.8 Å². The van der Waals surface area contributed by atoms with Gasteiger partial charge >= 0.3 is 5.97 Å². The van der Waals surface area contributed by atoms with Gasteiger partial charge in [-0.2, -0.15) is 5.26 Å². The summed E-state index contributed by atoms with van der Waals surface area (Å²) < 4.78 is 5.76. The van der Waals surface area contributed by atoms with E-state index >= 15 is 0 Å². The summed E-state index contributed by atoms with van der Waals surface area (Å²) in [5, 5.41) is 42.1. The Kier molecular flexibility index (Phi) is 13.6. The molecule has 60 heavy (non-hydrogen) atoms. The quantitative estimate of drug-likeness (QED) is 0.0687. The number of primary amides is 1. The zero-order chi connectivity index (χ0) is 43.5. The molecule has 0 aliphatic rings. The van der Waals surface area contributed by atoms with Crippen molar-refractivity contribution in [2.75, 3.05) is 21.3 Å². The number of carboxylic acids is 1. The fourth-order valence-electron chi connectivity index (χ4n) is 5.49. The number of nitrogens with zero attached hydrogens (tertiary/aromatic N) is 1. The van der Waals surface area contributed by atoms with Crippen molar-refractivity contribution >= 4 is 64.2 Å². The maximum Gasteiger partial charge on any atom is 0.335 e. The highest BCUT2D eigenvalue weighted by Gasteiger charge is 2.25. The van der Waals surface area contributed by atoms with Crippen molar-refractivity contribution in [3.8, 4) is 17.6 Å². The Morgan fingerprint density at radius 3 is 1.60 bits per heavy atom. The smallest absolute Gasteiger partial charge is 0.335 e. The number of anilines is 4. The van der Waals surface area contributed by atoms with Crippen LogP contribution in [0.25, 0.3) is 0 Å². The molecule has 0 fully saturated rings. The van der Waals surface area contributed by atoms with E-state index in [4.69, 9.17) is 20.8 Å². The monoisotopic (exact) mass is 811 g/mol. The molecule has 1 atom stereocenters. The summed E-state index contributed by atoms with van der Waals surface area (Å²) in [6.07, 6.45) is -1.02.